The van der Waals surface area contributed by atoms with Crippen LogP contribution in [-0.2, 0) is 13.2 Å². The van der Waals surface area contributed by atoms with E-state index < -0.39 is 0 Å². The van der Waals surface area contributed by atoms with Crippen LogP contribution in [-0.4, -0.2) is 45.0 Å². The zero-order valence-electron chi connectivity index (χ0n) is 17.6. The van der Waals surface area contributed by atoms with Gasteiger partial charge in [-0.05, 0) is 68.9 Å². The van der Waals surface area contributed by atoms with Crippen molar-refractivity contribution in [3.63, 3.8) is 0 Å². The molecule has 4 rings (SSSR count). The van der Waals surface area contributed by atoms with Gasteiger partial charge in [0.15, 0.2) is 22.1 Å². The van der Waals surface area contributed by atoms with Crippen LogP contribution in [0.5, 0.6) is 11.5 Å². The Balaban J connectivity index is 1.54. The highest BCUT2D eigenvalue weighted by atomic mass is 32.1. The van der Waals surface area contributed by atoms with Crippen molar-refractivity contribution in [2.24, 2.45) is 0 Å². The molecule has 1 aliphatic rings. The second kappa shape index (κ2) is 8.97. The molecule has 1 fully saturated rings. The molecule has 0 spiro atoms. The molecule has 1 aromatic carbocycles. The summed E-state index contributed by atoms with van der Waals surface area (Å²) >= 11 is 5.78. The first-order valence-electron chi connectivity index (χ1n) is 10.2. The number of ether oxygens (including phenoxy) is 2. The zero-order valence-corrected chi connectivity index (χ0v) is 18.4. The van der Waals surface area contributed by atoms with Gasteiger partial charge in [-0.2, -0.15) is 5.10 Å². The smallest absolute Gasteiger partial charge is 0.199 e. The van der Waals surface area contributed by atoms with Crippen LogP contribution in [0.25, 0.3) is 11.4 Å². The summed E-state index contributed by atoms with van der Waals surface area (Å²) in [4.78, 5) is 6.43. The molecule has 0 radical (unpaired) electrons. The summed E-state index contributed by atoms with van der Waals surface area (Å²) in [5.74, 6) is 2.40. The molecule has 8 heteroatoms. The van der Waals surface area contributed by atoms with Gasteiger partial charge in [-0.25, -0.2) is 4.68 Å². The molecule has 30 heavy (non-hydrogen) atoms. The highest BCUT2D eigenvalue weighted by molar-refractivity contribution is 7.71. The first kappa shape index (κ1) is 20.6. The summed E-state index contributed by atoms with van der Waals surface area (Å²) in [5, 5.41) is 4.84. The Morgan fingerprint density at radius 1 is 1.23 bits per heavy atom. The van der Waals surface area contributed by atoms with Crippen molar-refractivity contribution >= 4 is 12.2 Å². The Hall–Kier alpha value is -2.71. The van der Waals surface area contributed by atoms with E-state index in [0.29, 0.717) is 19.3 Å². The number of aromatic nitrogens is 4. The lowest BCUT2D eigenvalue weighted by molar-refractivity contribution is 0.243. The molecule has 0 saturated heterocycles. The van der Waals surface area contributed by atoms with Gasteiger partial charge in [0.25, 0.3) is 0 Å². The first-order chi connectivity index (χ1) is 14.6. The summed E-state index contributed by atoms with van der Waals surface area (Å²) in [6.45, 7) is 3.91. The minimum Gasteiger partial charge on any atom is -0.493 e. The quantitative estimate of drug-likeness (QED) is 0.476. The topological polar surface area (TPSA) is 57.3 Å². The molecule has 7 nitrogen and oxygen atoms in total. The average Bonchev–Trinajstić information content (AvgIpc) is 3.54. The van der Waals surface area contributed by atoms with Gasteiger partial charge in [0, 0.05) is 30.5 Å². The Labute approximate surface area is 181 Å². The van der Waals surface area contributed by atoms with Gasteiger partial charge in [0.2, 0.25) is 0 Å². The van der Waals surface area contributed by atoms with Crippen LogP contribution in [0.4, 0.5) is 0 Å². The number of rotatable bonds is 9. The minimum absolute atomic E-state index is 0.446. The Morgan fingerprint density at radius 2 is 2.07 bits per heavy atom. The largest absolute Gasteiger partial charge is 0.493 e. The monoisotopic (exact) mass is 425 g/mol. The molecule has 0 unspecified atom stereocenters. The molecule has 3 aromatic rings. The van der Waals surface area contributed by atoms with E-state index in [1.807, 2.05) is 42.1 Å². The third-order valence-corrected chi connectivity index (χ3v) is 5.47. The lowest BCUT2D eigenvalue weighted by Crippen LogP contribution is -2.22. The summed E-state index contributed by atoms with van der Waals surface area (Å²) in [7, 11) is 3.72. The van der Waals surface area contributed by atoms with Gasteiger partial charge in [0.05, 0.1) is 20.4 Å². The van der Waals surface area contributed by atoms with E-state index in [9.17, 15) is 0 Å². The SMILES string of the molecule is CCOc1ccc(CN(C)Cn2nc(-c3cccnc3)n(C3CC3)c2=S)cc1OC. The van der Waals surface area contributed by atoms with E-state index in [2.05, 4.69) is 27.6 Å². The normalized spacial score (nSPS) is 13.6. The van der Waals surface area contributed by atoms with Crippen LogP contribution in [0, 0.1) is 4.77 Å². The Morgan fingerprint density at radius 3 is 2.73 bits per heavy atom. The molecule has 1 aliphatic carbocycles. The van der Waals surface area contributed by atoms with Crippen molar-refractivity contribution in [3.05, 3.63) is 53.1 Å². The van der Waals surface area contributed by atoms with Crippen molar-refractivity contribution in [2.75, 3.05) is 20.8 Å². The second-order valence-electron chi connectivity index (χ2n) is 7.52. The predicted molar refractivity (Wildman–Crippen MR) is 118 cm³/mol. The molecule has 0 bridgehead atoms. The Bertz CT molecular complexity index is 1060. The van der Waals surface area contributed by atoms with Gasteiger partial charge in [0.1, 0.15) is 0 Å². The molecular weight excluding hydrogens is 398 g/mol. The van der Waals surface area contributed by atoms with E-state index in [-0.39, 0.29) is 0 Å². The maximum absolute atomic E-state index is 5.78. The number of methoxy groups -OCH3 is 1. The standard InChI is InChI=1S/C22H27N5O2S/c1-4-29-19-10-7-16(12-20(19)28-3)14-25(2)15-26-22(30)27(18-8-9-18)21(24-26)17-6-5-11-23-13-17/h5-7,10-13,18H,4,8-9,14-15H2,1-3H3. The first-order valence-corrected chi connectivity index (χ1v) is 10.6. The summed E-state index contributed by atoms with van der Waals surface area (Å²) < 4.78 is 15.9. The van der Waals surface area contributed by atoms with Gasteiger partial charge in [-0.3, -0.25) is 14.5 Å². The molecule has 158 valence electrons. The summed E-state index contributed by atoms with van der Waals surface area (Å²) in [6, 6.07) is 10.4. The number of hydrogen-bond donors (Lipinski definition) is 0. The molecule has 0 N–H and O–H groups in total. The summed E-state index contributed by atoms with van der Waals surface area (Å²) in [6.07, 6.45) is 5.91. The lowest BCUT2D eigenvalue weighted by Gasteiger charge is -2.18. The van der Waals surface area contributed by atoms with Gasteiger partial charge in [-0.1, -0.05) is 6.07 Å². The van der Waals surface area contributed by atoms with Crippen molar-refractivity contribution in [1.82, 2.24) is 24.2 Å². The fraction of sp³-hybridized carbons (Fsp3) is 0.409. The molecule has 0 aliphatic heterocycles. The van der Waals surface area contributed by atoms with Crippen molar-refractivity contribution < 1.29 is 9.47 Å². The third-order valence-electron chi connectivity index (χ3n) is 5.06. The highest BCUT2D eigenvalue weighted by Gasteiger charge is 2.29. The highest BCUT2D eigenvalue weighted by Crippen LogP contribution is 2.38. The fourth-order valence-electron chi connectivity index (χ4n) is 3.54. The van der Waals surface area contributed by atoms with Crippen LogP contribution in [0.2, 0.25) is 0 Å². The van der Waals surface area contributed by atoms with E-state index in [1.165, 1.54) is 0 Å². The number of nitrogens with zero attached hydrogens (tertiary/aromatic N) is 5. The van der Waals surface area contributed by atoms with Gasteiger partial charge in [-0.15, -0.1) is 0 Å². The molecule has 0 amide bonds. The van der Waals surface area contributed by atoms with Crippen molar-refractivity contribution in [3.8, 4) is 22.9 Å². The maximum atomic E-state index is 5.78. The van der Waals surface area contributed by atoms with Crippen LogP contribution in [0.3, 0.4) is 0 Å². The number of benzene rings is 1. The van der Waals surface area contributed by atoms with Crippen molar-refractivity contribution in [2.45, 2.75) is 39.0 Å². The predicted octanol–water partition coefficient (Wildman–Crippen LogP) is 4.31. The van der Waals surface area contributed by atoms with Gasteiger partial charge >= 0.3 is 0 Å². The maximum Gasteiger partial charge on any atom is 0.199 e. The number of pyridine rings is 1. The molecule has 2 heterocycles. The second-order valence-corrected chi connectivity index (χ2v) is 7.89. The van der Waals surface area contributed by atoms with Crippen LogP contribution >= 0.6 is 12.2 Å². The van der Waals surface area contributed by atoms with Gasteiger partial charge < -0.3 is 9.47 Å². The van der Waals surface area contributed by atoms with E-state index in [0.717, 1.165) is 52.6 Å². The fourth-order valence-corrected chi connectivity index (χ4v) is 3.88. The van der Waals surface area contributed by atoms with E-state index in [4.69, 9.17) is 26.8 Å². The Kier molecular flexibility index (Phi) is 6.15. The van der Waals surface area contributed by atoms with E-state index in [1.54, 1.807) is 13.3 Å². The molecular formula is C22H27N5O2S. The minimum atomic E-state index is 0.446. The van der Waals surface area contributed by atoms with Crippen LogP contribution in [0.1, 0.15) is 31.4 Å². The van der Waals surface area contributed by atoms with Crippen LogP contribution in [0.15, 0.2) is 42.7 Å². The lowest BCUT2D eigenvalue weighted by atomic mass is 10.2. The average molecular weight is 426 g/mol. The number of hydrogen-bond acceptors (Lipinski definition) is 6. The molecule has 1 saturated carbocycles. The summed E-state index contributed by atoms with van der Waals surface area (Å²) in [5.41, 5.74) is 2.13. The van der Waals surface area contributed by atoms with Crippen molar-refractivity contribution in [1.29, 1.82) is 0 Å². The molecule has 2 aromatic heterocycles. The molecule has 0 atom stereocenters. The third kappa shape index (κ3) is 4.39. The zero-order chi connectivity index (χ0) is 21.1. The van der Waals surface area contributed by atoms with E-state index >= 15 is 0 Å². The van der Waals surface area contributed by atoms with Crippen LogP contribution < -0.4 is 9.47 Å².